The van der Waals surface area contributed by atoms with Crippen molar-refractivity contribution >= 4 is 0 Å². The highest BCUT2D eigenvalue weighted by Crippen LogP contribution is 2.61. The molecule has 19 heavy (non-hydrogen) atoms. The van der Waals surface area contributed by atoms with Gasteiger partial charge in [0.25, 0.3) is 0 Å². The average molecular weight is 262 g/mol. The summed E-state index contributed by atoms with van der Waals surface area (Å²) in [5, 5.41) is 0. The van der Waals surface area contributed by atoms with Gasteiger partial charge in [0.05, 0.1) is 0 Å². The Kier molecular flexibility index (Phi) is 4.19. The third-order valence-corrected chi connectivity index (χ3v) is 6.35. The Hall–Kier alpha value is -0.260. The molecule has 3 atom stereocenters. The Morgan fingerprint density at radius 1 is 1.21 bits per heavy atom. The Labute approximate surface area is 121 Å². The lowest BCUT2D eigenvalue weighted by Gasteiger charge is -2.58. The van der Waals surface area contributed by atoms with E-state index < -0.39 is 0 Å². The van der Waals surface area contributed by atoms with Crippen LogP contribution >= 0.6 is 0 Å². The van der Waals surface area contributed by atoms with E-state index in [2.05, 4.69) is 41.2 Å². The van der Waals surface area contributed by atoms with Crippen LogP contribution in [0.5, 0.6) is 0 Å². The van der Waals surface area contributed by atoms with Crippen LogP contribution < -0.4 is 0 Å². The minimum absolute atomic E-state index is 0.534. The normalized spacial score (nSPS) is 38.3. The topological polar surface area (TPSA) is 0 Å². The number of allylic oxidation sites excluding steroid dienone is 1. The van der Waals surface area contributed by atoms with Gasteiger partial charge in [0, 0.05) is 0 Å². The van der Waals surface area contributed by atoms with Crippen LogP contribution in [0.2, 0.25) is 0 Å². The van der Waals surface area contributed by atoms with Crippen molar-refractivity contribution in [3.63, 3.8) is 0 Å². The molecule has 0 nitrogen and oxygen atoms in total. The summed E-state index contributed by atoms with van der Waals surface area (Å²) in [6.45, 7) is 16.8. The first-order valence-electron chi connectivity index (χ1n) is 8.45. The highest BCUT2D eigenvalue weighted by atomic mass is 14.6. The second kappa shape index (κ2) is 5.26. The molecule has 2 saturated carbocycles. The van der Waals surface area contributed by atoms with E-state index in [9.17, 15) is 0 Å². The molecule has 2 fully saturated rings. The summed E-state index contributed by atoms with van der Waals surface area (Å²) in [5.41, 5.74) is 2.65. The zero-order valence-corrected chi connectivity index (χ0v) is 13.9. The molecule has 0 N–H and O–H groups in total. The molecule has 0 heteroatoms. The summed E-state index contributed by atoms with van der Waals surface area (Å²) in [5.74, 6) is 2.53. The fourth-order valence-corrected chi connectivity index (χ4v) is 5.31. The standard InChI is InChI=1S/C19H34/c1-14(2)8-10-16-15(3)9-11-17-18(4,5)12-7-13-19(16,17)6/h14,16-17H,3,7-13H2,1-2,4-6H3/t16-,17-,19-/m0/s1. The molecular weight excluding hydrogens is 228 g/mol. The molecule has 0 saturated heterocycles. The van der Waals surface area contributed by atoms with Crippen molar-refractivity contribution in [1.82, 2.24) is 0 Å². The molecule has 0 aromatic rings. The van der Waals surface area contributed by atoms with Gasteiger partial charge in [-0.25, -0.2) is 0 Å². The van der Waals surface area contributed by atoms with Gasteiger partial charge in [0.15, 0.2) is 0 Å². The van der Waals surface area contributed by atoms with E-state index in [1.54, 1.807) is 5.57 Å². The molecule has 0 aliphatic heterocycles. The minimum Gasteiger partial charge on any atom is -0.0996 e. The SMILES string of the molecule is C=C1CC[C@H]2C(C)(C)CCC[C@@]2(C)[C@H]1CCC(C)C. The van der Waals surface area contributed by atoms with Crippen LogP contribution in [0.25, 0.3) is 0 Å². The molecule has 2 aliphatic carbocycles. The first kappa shape index (κ1) is 15.1. The molecule has 0 radical (unpaired) electrons. The van der Waals surface area contributed by atoms with Gasteiger partial charge in [0.2, 0.25) is 0 Å². The second-order valence-corrected chi connectivity index (χ2v) is 8.62. The molecular formula is C19H34. The number of rotatable bonds is 3. The highest BCUT2D eigenvalue weighted by Gasteiger charge is 2.52. The molecule has 0 aromatic carbocycles. The molecule has 2 aliphatic rings. The van der Waals surface area contributed by atoms with Gasteiger partial charge in [-0.05, 0) is 60.7 Å². The van der Waals surface area contributed by atoms with Crippen molar-refractivity contribution in [3.05, 3.63) is 12.2 Å². The second-order valence-electron chi connectivity index (χ2n) is 8.62. The smallest absolute Gasteiger partial charge is 0.0149 e. The summed E-state index contributed by atoms with van der Waals surface area (Å²) in [6, 6.07) is 0. The van der Waals surface area contributed by atoms with Crippen molar-refractivity contribution in [2.24, 2.45) is 28.6 Å². The van der Waals surface area contributed by atoms with Gasteiger partial charge < -0.3 is 0 Å². The van der Waals surface area contributed by atoms with E-state index in [0.717, 1.165) is 17.8 Å². The lowest BCUT2D eigenvalue weighted by Crippen LogP contribution is -2.49. The van der Waals surface area contributed by atoms with E-state index in [1.807, 2.05) is 0 Å². The molecule has 2 rings (SSSR count). The van der Waals surface area contributed by atoms with Crippen LogP contribution in [-0.4, -0.2) is 0 Å². The highest BCUT2D eigenvalue weighted by molar-refractivity contribution is 5.15. The fraction of sp³-hybridized carbons (Fsp3) is 0.895. The van der Waals surface area contributed by atoms with Crippen molar-refractivity contribution in [2.45, 2.75) is 79.6 Å². The Morgan fingerprint density at radius 2 is 1.89 bits per heavy atom. The van der Waals surface area contributed by atoms with Gasteiger partial charge in [-0.2, -0.15) is 0 Å². The van der Waals surface area contributed by atoms with Crippen LogP contribution in [0.4, 0.5) is 0 Å². The molecule has 0 aromatic heterocycles. The zero-order chi connectivity index (χ0) is 14.3. The van der Waals surface area contributed by atoms with Crippen molar-refractivity contribution in [2.75, 3.05) is 0 Å². The predicted molar refractivity (Wildman–Crippen MR) is 85.2 cm³/mol. The van der Waals surface area contributed by atoms with E-state index in [-0.39, 0.29) is 0 Å². The molecule has 0 heterocycles. The molecule has 0 amide bonds. The van der Waals surface area contributed by atoms with E-state index in [0.29, 0.717) is 10.8 Å². The van der Waals surface area contributed by atoms with E-state index in [1.165, 1.54) is 44.9 Å². The van der Waals surface area contributed by atoms with Crippen LogP contribution in [0.1, 0.15) is 79.6 Å². The summed E-state index contributed by atoms with van der Waals surface area (Å²) in [4.78, 5) is 0. The Morgan fingerprint density at radius 3 is 2.53 bits per heavy atom. The summed E-state index contributed by atoms with van der Waals surface area (Å²) in [6.07, 6.45) is 9.70. The monoisotopic (exact) mass is 262 g/mol. The predicted octanol–water partition coefficient (Wildman–Crippen LogP) is 6.22. The van der Waals surface area contributed by atoms with Crippen LogP contribution in [0.15, 0.2) is 12.2 Å². The van der Waals surface area contributed by atoms with Crippen LogP contribution in [-0.2, 0) is 0 Å². The maximum absolute atomic E-state index is 4.46. The maximum atomic E-state index is 4.46. The van der Waals surface area contributed by atoms with E-state index in [4.69, 9.17) is 0 Å². The molecule has 110 valence electrons. The Balaban J connectivity index is 2.22. The van der Waals surface area contributed by atoms with Gasteiger partial charge >= 0.3 is 0 Å². The first-order valence-corrected chi connectivity index (χ1v) is 8.45. The molecule has 0 spiro atoms. The zero-order valence-electron chi connectivity index (χ0n) is 13.9. The average Bonchev–Trinajstić information content (AvgIpc) is 2.26. The third kappa shape index (κ3) is 2.78. The van der Waals surface area contributed by atoms with Gasteiger partial charge in [-0.1, -0.05) is 59.6 Å². The maximum Gasteiger partial charge on any atom is -0.0149 e. The quantitative estimate of drug-likeness (QED) is 0.529. The van der Waals surface area contributed by atoms with Crippen molar-refractivity contribution in [3.8, 4) is 0 Å². The van der Waals surface area contributed by atoms with E-state index >= 15 is 0 Å². The summed E-state index contributed by atoms with van der Waals surface area (Å²) < 4.78 is 0. The largest absolute Gasteiger partial charge is 0.0996 e. The van der Waals surface area contributed by atoms with Crippen LogP contribution in [0.3, 0.4) is 0 Å². The molecule has 0 unspecified atom stereocenters. The number of hydrogen-bond donors (Lipinski definition) is 0. The van der Waals surface area contributed by atoms with Gasteiger partial charge in [-0.15, -0.1) is 0 Å². The third-order valence-electron chi connectivity index (χ3n) is 6.35. The van der Waals surface area contributed by atoms with Gasteiger partial charge in [0.1, 0.15) is 0 Å². The summed E-state index contributed by atoms with van der Waals surface area (Å²) >= 11 is 0. The molecule has 0 bridgehead atoms. The van der Waals surface area contributed by atoms with Crippen LogP contribution in [0, 0.1) is 28.6 Å². The summed E-state index contributed by atoms with van der Waals surface area (Å²) in [7, 11) is 0. The number of fused-ring (bicyclic) bond motifs is 1. The Bertz CT molecular complexity index is 336. The lowest BCUT2D eigenvalue weighted by atomic mass is 9.47. The first-order chi connectivity index (χ1) is 8.77. The van der Waals surface area contributed by atoms with Gasteiger partial charge in [-0.3, -0.25) is 0 Å². The minimum atomic E-state index is 0.534. The number of hydrogen-bond acceptors (Lipinski definition) is 0. The lowest BCUT2D eigenvalue weighted by molar-refractivity contribution is -0.0550. The van der Waals surface area contributed by atoms with Crippen molar-refractivity contribution < 1.29 is 0 Å². The van der Waals surface area contributed by atoms with Crippen molar-refractivity contribution in [1.29, 1.82) is 0 Å². The fourth-order valence-electron chi connectivity index (χ4n) is 5.31.